The summed E-state index contributed by atoms with van der Waals surface area (Å²) in [6, 6.07) is 9.51. The van der Waals surface area contributed by atoms with Crippen LogP contribution in [-0.2, 0) is 0 Å². The molecule has 1 aliphatic rings. The fraction of sp³-hybridized carbons (Fsp3) is 0.0625. The molecule has 0 atom stereocenters. The predicted octanol–water partition coefficient (Wildman–Crippen LogP) is 2.25. The first-order valence-electron chi connectivity index (χ1n) is 6.13. The third kappa shape index (κ3) is 1.58. The Kier molecular flexibility index (Phi) is 2.54. The van der Waals surface area contributed by atoms with Crippen molar-refractivity contribution in [3.8, 4) is 0 Å². The summed E-state index contributed by atoms with van der Waals surface area (Å²) in [5, 5.41) is 0. The van der Waals surface area contributed by atoms with Gasteiger partial charge >= 0.3 is 0 Å². The summed E-state index contributed by atoms with van der Waals surface area (Å²) in [5.41, 5.74) is 7.47. The largest absolute Gasteiger partial charge is 0.398 e. The summed E-state index contributed by atoms with van der Waals surface area (Å²) < 4.78 is 0. The minimum atomic E-state index is -0.275. The van der Waals surface area contributed by atoms with Gasteiger partial charge < -0.3 is 5.73 Å². The van der Waals surface area contributed by atoms with Crippen LogP contribution in [0.1, 0.15) is 49.1 Å². The number of rotatable bonds is 1. The third-order valence-corrected chi connectivity index (χ3v) is 3.46. The highest BCUT2D eigenvalue weighted by Gasteiger charge is 2.31. The van der Waals surface area contributed by atoms with Crippen molar-refractivity contribution in [2.45, 2.75) is 6.92 Å². The van der Waals surface area contributed by atoms with E-state index in [1.165, 1.54) is 19.1 Å². The number of benzene rings is 2. The highest BCUT2D eigenvalue weighted by Crippen LogP contribution is 2.31. The summed E-state index contributed by atoms with van der Waals surface area (Å²) in [6.07, 6.45) is 0. The van der Waals surface area contributed by atoms with Crippen LogP contribution in [0.2, 0.25) is 0 Å². The van der Waals surface area contributed by atoms with Gasteiger partial charge in [-0.2, -0.15) is 0 Å². The van der Waals surface area contributed by atoms with E-state index >= 15 is 0 Å². The molecular formula is C16H11NO3. The lowest BCUT2D eigenvalue weighted by molar-refractivity contribution is 0.0978. The molecule has 2 N–H and O–H groups in total. The van der Waals surface area contributed by atoms with Gasteiger partial charge in [0.25, 0.3) is 0 Å². The van der Waals surface area contributed by atoms with Crippen molar-refractivity contribution in [2.24, 2.45) is 0 Å². The van der Waals surface area contributed by atoms with E-state index in [-0.39, 0.29) is 34.2 Å². The molecule has 0 amide bonds. The lowest BCUT2D eigenvalue weighted by atomic mass is 9.82. The van der Waals surface area contributed by atoms with Crippen LogP contribution in [0.5, 0.6) is 0 Å². The Bertz CT molecular complexity index is 790. The van der Waals surface area contributed by atoms with Crippen LogP contribution in [-0.4, -0.2) is 17.3 Å². The highest BCUT2D eigenvalue weighted by atomic mass is 16.1. The number of fused-ring (bicyclic) bond motifs is 2. The molecule has 0 unspecified atom stereocenters. The minimum absolute atomic E-state index is 0.167. The summed E-state index contributed by atoms with van der Waals surface area (Å²) in [4.78, 5) is 36.4. The van der Waals surface area contributed by atoms with Crippen molar-refractivity contribution in [1.29, 1.82) is 0 Å². The predicted molar refractivity (Wildman–Crippen MR) is 74.2 cm³/mol. The number of ketones is 3. The quantitative estimate of drug-likeness (QED) is 0.540. The SMILES string of the molecule is CC(=O)c1cc(N)c2c(c1)C(=O)c1ccccc1C2=O. The lowest BCUT2D eigenvalue weighted by Gasteiger charge is -2.19. The molecule has 98 valence electrons. The van der Waals surface area contributed by atoms with Gasteiger partial charge in [0.15, 0.2) is 17.3 Å². The molecule has 0 saturated heterocycles. The van der Waals surface area contributed by atoms with Crippen LogP contribution in [0.4, 0.5) is 5.69 Å². The number of carbonyl (C=O) groups is 3. The summed E-state index contributed by atoms with van der Waals surface area (Å²) in [5.74, 6) is -0.744. The van der Waals surface area contributed by atoms with Crippen molar-refractivity contribution in [1.82, 2.24) is 0 Å². The second-order valence-corrected chi connectivity index (χ2v) is 4.75. The Labute approximate surface area is 115 Å². The number of anilines is 1. The Morgan fingerprint density at radius 2 is 1.55 bits per heavy atom. The molecule has 0 radical (unpaired) electrons. The molecule has 0 aliphatic heterocycles. The first-order chi connectivity index (χ1) is 9.50. The monoisotopic (exact) mass is 265 g/mol. The van der Waals surface area contributed by atoms with E-state index in [0.717, 1.165) is 0 Å². The molecule has 0 fully saturated rings. The zero-order chi connectivity index (χ0) is 14.4. The van der Waals surface area contributed by atoms with E-state index in [9.17, 15) is 14.4 Å². The van der Waals surface area contributed by atoms with E-state index in [0.29, 0.717) is 16.7 Å². The van der Waals surface area contributed by atoms with Gasteiger partial charge in [-0.05, 0) is 19.1 Å². The number of hydrogen-bond acceptors (Lipinski definition) is 4. The smallest absolute Gasteiger partial charge is 0.196 e. The van der Waals surface area contributed by atoms with Gasteiger partial charge in [0, 0.05) is 27.9 Å². The fourth-order valence-electron chi connectivity index (χ4n) is 2.46. The zero-order valence-corrected chi connectivity index (χ0v) is 10.8. The fourth-order valence-corrected chi connectivity index (χ4v) is 2.46. The van der Waals surface area contributed by atoms with E-state index in [1.807, 2.05) is 0 Å². The Balaban J connectivity index is 2.33. The normalized spacial score (nSPS) is 12.8. The van der Waals surface area contributed by atoms with Gasteiger partial charge in [-0.1, -0.05) is 24.3 Å². The topological polar surface area (TPSA) is 77.2 Å². The third-order valence-electron chi connectivity index (χ3n) is 3.46. The first-order valence-corrected chi connectivity index (χ1v) is 6.13. The molecule has 1 aliphatic carbocycles. The van der Waals surface area contributed by atoms with E-state index in [1.54, 1.807) is 24.3 Å². The molecule has 0 heterocycles. The molecule has 2 aromatic carbocycles. The van der Waals surface area contributed by atoms with Crippen LogP contribution in [0, 0.1) is 0 Å². The average molecular weight is 265 g/mol. The molecule has 20 heavy (non-hydrogen) atoms. The van der Waals surface area contributed by atoms with Gasteiger partial charge in [-0.25, -0.2) is 0 Å². The molecule has 0 bridgehead atoms. The molecule has 0 spiro atoms. The number of hydrogen-bond donors (Lipinski definition) is 1. The minimum Gasteiger partial charge on any atom is -0.398 e. The van der Waals surface area contributed by atoms with Crippen LogP contribution in [0.25, 0.3) is 0 Å². The number of Topliss-reactive ketones (excluding diaryl/α,β-unsaturated/α-hetero) is 1. The lowest BCUT2D eigenvalue weighted by Crippen LogP contribution is -2.23. The molecule has 2 aromatic rings. The van der Waals surface area contributed by atoms with Crippen molar-refractivity contribution < 1.29 is 14.4 Å². The Morgan fingerprint density at radius 3 is 2.15 bits per heavy atom. The van der Waals surface area contributed by atoms with Crippen molar-refractivity contribution >= 4 is 23.0 Å². The van der Waals surface area contributed by atoms with Crippen molar-refractivity contribution in [3.63, 3.8) is 0 Å². The maximum Gasteiger partial charge on any atom is 0.196 e. The number of nitrogen functional groups attached to an aromatic ring is 1. The number of carbonyl (C=O) groups excluding carboxylic acids is 3. The Hall–Kier alpha value is -2.75. The van der Waals surface area contributed by atoms with Crippen LogP contribution in [0.3, 0.4) is 0 Å². The van der Waals surface area contributed by atoms with Crippen LogP contribution >= 0.6 is 0 Å². The first kappa shape index (κ1) is 12.3. The van der Waals surface area contributed by atoms with E-state index in [4.69, 9.17) is 5.73 Å². The second kappa shape index (κ2) is 4.13. The van der Waals surface area contributed by atoms with E-state index in [2.05, 4.69) is 0 Å². The van der Waals surface area contributed by atoms with Gasteiger partial charge in [-0.3, -0.25) is 14.4 Å². The summed E-state index contributed by atoms with van der Waals surface area (Å²) >= 11 is 0. The Morgan fingerprint density at radius 1 is 0.950 bits per heavy atom. The molecule has 3 rings (SSSR count). The maximum atomic E-state index is 12.5. The van der Waals surface area contributed by atoms with Gasteiger partial charge in [0.2, 0.25) is 0 Å². The molecular weight excluding hydrogens is 254 g/mol. The van der Waals surface area contributed by atoms with Gasteiger partial charge in [0.1, 0.15) is 0 Å². The number of nitrogens with two attached hydrogens (primary N) is 1. The molecule has 4 heteroatoms. The molecule has 4 nitrogen and oxygen atoms in total. The summed E-state index contributed by atoms with van der Waals surface area (Å²) in [6.45, 7) is 1.39. The van der Waals surface area contributed by atoms with Crippen LogP contribution < -0.4 is 5.73 Å². The zero-order valence-electron chi connectivity index (χ0n) is 10.8. The highest BCUT2D eigenvalue weighted by molar-refractivity contribution is 6.30. The summed E-state index contributed by atoms with van der Waals surface area (Å²) in [7, 11) is 0. The van der Waals surface area contributed by atoms with Crippen molar-refractivity contribution in [3.05, 3.63) is 64.2 Å². The van der Waals surface area contributed by atoms with Gasteiger partial charge in [0.05, 0.1) is 5.56 Å². The molecule has 0 saturated carbocycles. The second-order valence-electron chi connectivity index (χ2n) is 4.75. The molecule has 0 aromatic heterocycles. The van der Waals surface area contributed by atoms with Crippen LogP contribution in [0.15, 0.2) is 36.4 Å². The maximum absolute atomic E-state index is 12.5. The standard InChI is InChI=1S/C16H11NO3/c1-8(18)9-6-12-14(13(17)7-9)16(20)11-5-3-2-4-10(11)15(12)19/h2-7H,17H2,1H3. The van der Waals surface area contributed by atoms with Crippen molar-refractivity contribution in [2.75, 3.05) is 5.73 Å². The van der Waals surface area contributed by atoms with Gasteiger partial charge in [-0.15, -0.1) is 0 Å². The average Bonchev–Trinajstić information content (AvgIpc) is 2.44. The van der Waals surface area contributed by atoms with E-state index < -0.39 is 0 Å².